The summed E-state index contributed by atoms with van der Waals surface area (Å²) in [7, 11) is 2.24. The van der Waals surface area contributed by atoms with Crippen molar-refractivity contribution in [3.8, 4) is 5.75 Å². The first-order valence-corrected chi connectivity index (χ1v) is 8.77. The van der Waals surface area contributed by atoms with Gasteiger partial charge in [-0.2, -0.15) is 0 Å². The highest BCUT2D eigenvalue weighted by Crippen LogP contribution is 2.32. The van der Waals surface area contributed by atoms with Gasteiger partial charge in [0.05, 0.1) is 0 Å². The highest BCUT2D eigenvalue weighted by atomic mass is 16.5. The summed E-state index contributed by atoms with van der Waals surface area (Å²) >= 11 is 0. The Balaban J connectivity index is 1.59. The predicted octanol–water partition coefficient (Wildman–Crippen LogP) is 4.38. The first kappa shape index (κ1) is 15.3. The average Bonchev–Trinajstić information content (AvgIpc) is 3.21. The fourth-order valence-corrected chi connectivity index (χ4v) is 3.73. The van der Waals surface area contributed by atoms with Crippen molar-refractivity contribution in [3.63, 3.8) is 0 Å². The number of likely N-dealkylation sites (tertiary alicyclic amines) is 1. The Morgan fingerprint density at radius 2 is 2.00 bits per heavy atom. The molecular formula is C21H24N2O. The van der Waals surface area contributed by atoms with Crippen LogP contribution in [0, 0.1) is 0 Å². The zero-order valence-corrected chi connectivity index (χ0v) is 14.2. The molecule has 2 aromatic carbocycles. The molecule has 3 aromatic rings. The molecule has 2 heterocycles. The van der Waals surface area contributed by atoms with Gasteiger partial charge in [-0.05, 0) is 56.1 Å². The lowest BCUT2D eigenvalue weighted by molar-refractivity contribution is 0.306. The number of likely N-dealkylation sites (N-methyl/N-ethyl adjacent to an activating group) is 1. The molecule has 124 valence electrons. The molecule has 0 radical (unpaired) electrons. The van der Waals surface area contributed by atoms with Gasteiger partial charge in [-0.1, -0.05) is 36.4 Å². The maximum absolute atomic E-state index is 6.16. The Bertz CT molecular complexity index is 809. The van der Waals surface area contributed by atoms with Crippen molar-refractivity contribution in [2.24, 2.45) is 0 Å². The van der Waals surface area contributed by atoms with Crippen LogP contribution >= 0.6 is 0 Å². The van der Waals surface area contributed by atoms with Crippen LogP contribution < -0.4 is 4.74 Å². The Kier molecular flexibility index (Phi) is 4.26. The fraction of sp³-hybridized carbons (Fsp3) is 0.333. The molecule has 1 aromatic heterocycles. The third kappa shape index (κ3) is 3.04. The van der Waals surface area contributed by atoms with Gasteiger partial charge in [-0.25, -0.2) is 0 Å². The topological polar surface area (TPSA) is 28.3 Å². The highest BCUT2D eigenvalue weighted by Gasteiger charge is 2.22. The van der Waals surface area contributed by atoms with Crippen LogP contribution in [0.3, 0.4) is 0 Å². The van der Waals surface area contributed by atoms with Crippen molar-refractivity contribution < 1.29 is 4.74 Å². The first-order valence-electron chi connectivity index (χ1n) is 8.77. The molecule has 0 spiro atoms. The number of benzene rings is 2. The number of nitrogens with one attached hydrogen (secondary N) is 1. The van der Waals surface area contributed by atoms with Crippen LogP contribution in [0.4, 0.5) is 0 Å². The SMILES string of the molecule is CN1CCC[C@@H]1Cc1c[nH]c2cccc(OCc3ccccc3)c12. The number of rotatable bonds is 5. The Hall–Kier alpha value is -2.26. The molecule has 0 amide bonds. The van der Waals surface area contributed by atoms with Crippen molar-refractivity contribution in [1.29, 1.82) is 0 Å². The highest BCUT2D eigenvalue weighted by molar-refractivity contribution is 5.89. The summed E-state index contributed by atoms with van der Waals surface area (Å²) in [5, 5.41) is 1.24. The van der Waals surface area contributed by atoms with Gasteiger partial charge in [0, 0.05) is 23.1 Å². The van der Waals surface area contributed by atoms with Crippen molar-refractivity contribution >= 4 is 10.9 Å². The van der Waals surface area contributed by atoms with Crippen molar-refractivity contribution in [2.75, 3.05) is 13.6 Å². The second-order valence-electron chi connectivity index (χ2n) is 6.75. The average molecular weight is 320 g/mol. The van der Waals surface area contributed by atoms with Gasteiger partial charge in [0.2, 0.25) is 0 Å². The minimum absolute atomic E-state index is 0.605. The third-order valence-electron chi connectivity index (χ3n) is 5.11. The van der Waals surface area contributed by atoms with Crippen molar-refractivity contribution in [1.82, 2.24) is 9.88 Å². The van der Waals surface area contributed by atoms with E-state index in [1.165, 1.54) is 35.9 Å². The van der Waals surface area contributed by atoms with Gasteiger partial charge in [0.25, 0.3) is 0 Å². The molecule has 1 aliphatic heterocycles. The summed E-state index contributed by atoms with van der Waals surface area (Å²) in [5.41, 5.74) is 3.73. The molecule has 24 heavy (non-hydrogen) atoms. The first-order chi connectivity index (χ1) is 11.8. The molecule has 0 bridgehead atoms. The molecule has 0 aliphatic carbocycles. The van der Waals surface area contributed by atoms with Gasteiger partial charge >= 0.3 is 0 Å². The van der Waals surface area contributed by atoms with E-state index >= 15 is 0 Å². The Morgan fingerprint density at radius 3 is 2.79 bits per heavy atom. The predicted molar refractivity (Wildman–Crippen MR) is 98.4 cm³/mol. The van der Waals surface area contributed by atoms with E-state index in [1.807, 2.05) is 6.07 Å². The summed E-state index contributed by atoms with van der Waals surface area (Å²) in [4.78, 5) is 5.90. The van der Waals surface area contributed by atoms with Crippen molar-refractivity contribution in [3.05, 3.63) is 65.9 Å². The number of H-pyrrole nitrogens is 1. The largest absolute Gasteiger partial charge is 0.488 e. The summed E-state index contributed by atoms with van der Waals surface area (Å²) in [6.45, 7) is 1.82. The molecule has 1 N–H and O–H groups in total. The summed E-state index contributed by atoms with van der Waals surface area (Å²) in [6, 6.07) is 17.3. The molecular weight excluding hydrogens is 296 g/mol. The van der Waals surface area contributed by atoms with Crippen LogP contribution in [0.1, 0.15) is 24.0 Å². The third-order valence-corrected chi connectivity index (χ3v) is 5.11. The molecule has 0 unspecified atom stereocenters. The van der Waals surface area contributed by atoms with Gasteiger partial charge < -0.3 is 14.6 Å². The lowest BCUT2D eigenvalue weighted by Gasteiger charge is -2.19. The zero-order chi connectivity index (χ0) is 16.4. The number of fused-ring (bicyclic) bond motifs is 1. The van der Waals surface area contributed by atoms with Crippen LogP contribution in [0.15, 0.2) is 54.7 Å². The van der Waals surface area contributed by atoms with Gasteiger partial charge in [0.1, 0.15) is 12.4 Å². The fourth-order valence-electron chi connectivity index (χ4n) is 3.73. The summed E-state index contributed by atoms with van der Waals surface area (Å²) in [6.07, 6.45) is 5.84. The van der Waals surface area contributed by atoms with Gasteiger partial charge in [-0.3, -0.25) is 0 Å². The normalized spacial score (nSPS) is 18.3. The second-order valence-corrected chi connectivity index (χ2v) is 6.75. The Labute approximate surface area is 143 Å². The van der Waals surface area contributed by atoms with E-state index in [-0.39, 0.29) is 0 Å². The molecule has 1 atom stereocenters. The number of hydrogen-bond acceptors (Lipinski definition) is 2. The van der Waals surface area contributed by atoms with Gasteiger partial charge in [0.15, 0.2) is 0 Å². The van der Waals surface area contributed by atoms with Crippen LogP contribution in [0.25, 0.3) is 10.9 Å². The number of aromatic nitrogens is 1. The monoisotopic (exact) mass is 320 g/mol. The van der Waals surface area contributed by atoms with E-state index < -0.39 is 0 Å². The van der Waals surface area contributed by atoms with E-state index in [0.29, 0.717) is 12.6 Å². The maximum Gasteiger partial charge on any atom is 0.129 e. The standard InChI is InChI=1S/C21H24N2O/c1-23-12-6-9-18(23)13-17-14-22-19-10-5-11-20(21(17)19)24-15-16-7-3-2-4-8-16/h2-5,7-8,10-11,14,18,22H,6,9,12-13,15H2,1H3/t18-/m1/s1. The van der Waals surface area contributed by atoms with E-state index in [1.54, 1.807) is 0 Å². The van der Waals surface area contributed by atoms with Gasteiger partial charge in [-0.15, -0.1) is 0 Å². The zero-order valence-electron chi connectivity index (χ0n) is 14.2. The molecule has 3 heteroatoms. The van der Waals surface area contributed by atoms with E-state index in [9.17, 15) is 0 Å². The maximum atomic E-state index is 6.16. The Morgan fingerprint density at radius 1 is 1.12 bits per heavy atom. The molecule has 3 nitrogen and oxygen atoms in total. The summed E-state index contributed by atoms with van der Waals surface area (Å²) < 4.78 is 6.16. The van der Waals surface area contributed by atoms with Crippen LogP contribution in [0.5, 0.6) is 5.75 Å². The number of hydrogen-bond donors (Lipinski definition) is 1. The van der Waals surface area contributed by atoms with Crippen LogP contribution in [-0.2, 0) is 13.0 Å². The molecule has 4 rings (SSSR count). The van der Waals surface area contributed by atoms with Crippen LogP contribution in [-0.4, -0.2) is 29.5 Å². The molecule has 1 fully saturated rings. The van der Waals surface area contributed by atoms with Crippen LogP contribution in [0.2, 0.25) is 0 Å². The van der Waals surface area contributed by atoms with E-state index in [0.717, 1.165) is 17.7 Å². The minimum atomic E-state index is 0.605. The smallest absolute Gasteiger partial charge is 0.129 e. The lowest BCUT2D eigenvalue weighted by atomic mass is 10.0. The van der Waals surface area contributed by atoms with E-state index in [4.69, 9.17) is 4.74 Å². The number of nitrogens with zero attached hydrogens (tertiary/aromatic N) is 1. The molecule has 1 aliphatic rings. The molecule has 0 saturated carbocycles. The summed E-state index contributed by atoms with van der Waals surface area (Å²) in [5.74, 6) is 0.980. The van der Waals surface area contributed by atoms with E-state index in [2.05, 4.69) is 65.6 Å². The lowest BCUT2D eigenvalue weighted by Crippen LogP contribution is -2.26. The minimum Gasteiger partial charge on any atom is -0.488 e. The molecule has 1 saturated heterocycles. The van der Waals surface area contributed by atoms with Crippen molar-refractivity contribution in [2.45, 2.75) is 31.9 Å². The second kappa shape index (κ2) is 6.70. The number of aromatic amines is 1. The number of ether oxygens (including phenoxy) is 1. The quantitative estimate of drug-likeness (QED) is 0.755.